The quantitative estimate of drug-likeness (QED) is 0.149. The van der Waals surface area contributed by atoms with E-state index >= 15 is 0 Å². The second-order valence-electron chi connectivity index (χ2n) is 10.5. The number of pyridine rings is 2. The van der Waals surface area contributed by atoms with E-state index in [4.69, 9.17) is 4.98 Å². The lowest BCUT2D eigenvalue weighted by molar-refractivity contribution is 0.592. The molecule has 0 fully saturated rings. The van der Waals surface area contributed by atoms with Crippen molar-refractivity contribution in [3.63, 3.8) is 0 Å². The zero-order chi connectivity index (χ0) is 28.8. The summed E-state index contributed by atoms with van der Waals surface area (Å²) in [5.41, 5.74) is 3.86. The summed E-state index contributed by atoms with van der Waals surface area (Å²) < 4.78 is 14.9. The van der Waals surface area contributed by atoms with Crippen LogP contribution in [0.2, 0.25) is 0 Å². The second-order valence-corrected chi connectivity index (χ2v) is 14.3. The molecule has 0 N–H and O–H groups in total. The summed E-state index contributed by atoms with van der Waals surface area (Å²) >= 11 is 1.75. The highest BCUT2D eigenvalue weighted by atomic mass is 32.1. The number of nitrogens with zero attached hydrogens (tertiary/aromatic N) is 2. The van der Waals surface area contributed by atoms with Gasteiger partial charge in [0.2, 0.25) is 0 Å². The number of benzene rings is 5. The predicted octanol–water partition coefficient (Wildman–Crippen LogP) is 8.97. The second kappa shape index (κ2) is 10.4. The first-order valence-electron chi connectivity index (χ1n) is 14.2. The topological polar surface area (TPSA) is 42.9 Å². The highest BCUT2D eigenvalue weighted by Crippen LogP contribution is 2.46. The molecule has 0 aliphatic carbocycles. The largest absolute Gasteiger partial charge is 0.309 e. The van der Waals surface area contributed by atoms with Gasteiger partial charge in [0.25, 0.3) is 0 Å². The van der Waals surface area contributed by atoms with Gasteiger partial charge in [-0.1, -0.05) is 133 Å². The summed E-state index contributed by atoms with van der Waals surface area (Å²) in [6, 6.07) is 48.9. The SMILES string of the molecule is O=P(c1ccccc1)(c1ccccc1)c1ccc(-c2sc(-c3ccc4ccc5cccnc5c4n3)c3ccccc23)cc1. The molecular weight excluding hydrogens is 563 g/mol. The Kier molecular flexibility index (Phi) is 6.26. The molecule has 5 heteroatoms. The number of aromatic nitrogens is 2. The lowest BCUT2D eigenvalue weighted by atomic mass is 10.1. The van der Waals surface area contributed by atoms with Gasteiger partial charge in [-0.2, -0.15) is 0 Å². The molecule has 0 atom stereocenters. The number of fused-ring (bicyclic) bond motifs is 4. The van der Waals surface area contributed by atoms with E-state index in [2.05, 4.69) is 71.7 Å². The third kappa shape index (κ3) is 4.30. The number of thiophene rings is 1. The van der Waals surface area contributed by atoms with Gasteiger partial charge in [-0.25, -0.2) is 4.98 Å². The minimum absolute atomic E-state index is 0.824. The van der Waals surface area contributed by atoms with E-state index in [0.717, 1.165) is 53.9 Å². The van der Waals surface area contributed by atoms with Crippen molar-refractivity contribution in [1.29, 1.82) is 0 Å². The van der Waals surface area contributed by atoms with Crippen LogP contribution in [0.5, 0.6) is 0 Å². The maximum absolute atomic E-state index is 14.9. The Morgan fingerprint density at radius 1 is 0.488 bits per heavy atom. The summed E-state index contributed by atoms with van der Waals surface area (Å²) in [5.74, 6) is 0. The summed E-state index contributed by atoms with van der Waals surface area (Å²) in [4.78, 5) is 12.1. The molecule has 0 aliphatic rings. The van der Waals surface area contributed by atoms with Gasteiger partial charge in [-0.3, -0.25) is 4.98 Å². The van der Waals surface area contributed by atoms with Crippen LogP contribution in [0.3, 0.4) is 0 Å². The Labute approximate surface area is 253 Å². The maximum Gasteiger partial charge on any atom is 0.171 e. The van der Waals surface area contributed by atoms with Crippen LogP contribution < -0.4 is 15.9 Å². The van der Waals surface area contributed by atoms with Gasteiger partial charge >= 0.3 is 0 Å². The molecule has 0 saturated heterocycles. The van der Waals surface area contributed by atoms with Gasteiger partial charge in [0, 0.05) is 48.5 Å². The Morgan fingerprint density at radius 3 is 1.72 bits per heavy atom. The minimum Gasteiger partial charge on any atom is -0.309 e. The van der Waals surface area contributed by atoms with Crippen molar-refractivity contribution >= 4 is 67.0 Å². The van der Waals surface area contributed by atoms with Crippen molar-refractivity contribution in [2.24, 2.45) is 0 Å². The molecule has 0 amide bonds. The molecule has 5 aromatic carbocycles. The van der Waals surface area contributed by atoms with Gasteiger partial charge in [-0.15, -0.1) is 11.3 Å². The maximum atomic E-state index is 14.9. The molecule has 0 bridgehead atoms. The first kappa shape index (κ1) is 25.8. The zero-order valence-electron chi connectivity index (χ0n) is 23.1. The number of rotatable bonds is 5. The molecule has 3 aromatic heterocycles. The van der Waals surface area contributed by atoms with Gasteiger partial charge < -0.3 is 4.57 Å². The van der Waals surface area contributed by atoms with Gasteiger partial charge in [0.15, 0.2) is 7.14 Å². The lowest BCUT2D eigenvalue weighted by Crippen LogP contribution is -2.24. The van der Waals surface area contributed by atoms with E-state index in [1.54, 1.807) is 11.3 Å². The van der Waals surface area contributed by atoms with Crippen molar-refractivity contribution < 1.29 is 4.57 Å². The number of hydrogen-bond acceptors (Lipinski definition) is 4. The van der Waals surface area contributed by atoms with E-state index in [-0.39, 0.29) is 0 Å². The van der Waals surface area contributed by atoms with Gasteiger partial charge in [-0.05, 0) is 17.7 Å². The Bertz CT molecular complexity index is 2270. The van der Waals surface area contributed by atoms with Crippen molar-refractivity contribution in [3.8, 4) is 21.0 Å². The van der Waals surface area contributed by atoms with Crippen LogP contribution >= 0.6 is 18.5 Å². The van der Waals surface area contributed by atoms with E-state index in [9.17, 15) is 4.57 Å². The van der Waals surface area contributed by atoms with Crippen LogP contribution in [-0.4, -0.2) is 9.97 Å². The third-order valence-electron chi connectivity index (χ3n) is 8.02. The molecule has 8 aromatic rings. The molecule has 8 rings (SSSR count). The monoisotopic (exact) mass is 588 g/mol. The summed E-state index contributed by atoms with van der Waals surface area (Å²) in [5, 5.41) is 7.01. The molecule has 0 spiro atoms. The summed E-state index contributed by atoms with van der Waals surface area (Å²) in [6.07, 6.45) is 1.83. The van der Waals surface area contributed by atoms with Crippen LogP contribution in [-0.2, 0) is 4.57 Å². The average Bonchev–Trinajstić information content (AvgIpc) is 3.48. The molecular formula is C38H25N2OPS. The van der Waals surface area contributed by atoms with Crippen LogP contribution in [0.4, 0.5) is 0 Å². The minimum atomic E-state index is -3.03. The highest BCUT2D eigenvalue weighted by Gasteiger charge is 2.29. The normalized spacial score (nSPS) is 11.8. The fourth-order valence-corrected chi connectivity index (χ4v) is 9.79. The standard InChI is InChI=1S/C38H25N2OPS/c41-42(29-11-3-1-4-12-29,30-13-5-2-6-14-30)31-22-19-28(20-23-31)37-32-15-7-8-16-33(32)38(43-37)34-24-21-27-18-17-26-10-9-25-39-35(26)36(27)40-34/h1-25H. The molecule has 0 aliphatic heterocycles. The average molecular weight is 589 g/mol. The molecule has 0 radical (unpaired) electrons. The Hall–Kier alpha value is -4.89. The zero-order valence-corrected chi connectivity index (χ0v) is 24.8. The van der Waals surface area contributed by atoms with Crippen LogP contribution in [0, 0.1) is 0 Å². The predicted molar refractivity (Wildman–Crippen MR) is 183 cm³/mol. The van der Waals surface area contributed by atoms with Crippen molar-refractivity contribution in [2.75, 3.05) is 0 Å². The molecule has 0 unspecified atom stereocenters. The van der Waals surface area contributed by atoms with Crippen molar-refractivity contribution in [2.45, 2.75) is 0 Å². The molecule has 43 heavy (non-hydrogen) atoms. The first-order chi connectivity index (χ1) is 21.2. The highest BCUT2D eigenvalue weighted by molar-refractivity contribution is 7.85. The fourth-order valence-electron chi connectivity index (χ4n) is 5.89. The molecule has 3 heterocycles. The van der Waals surface area contributed by atoms with Crippen molar-refractivity contribution in [1.82, 2.24) is 9.97 Å². The number of hydrogen-bond donors (Lipinski definition) is 0. The summed E-state index contributed by atoms with van der Waals surface area (Å²) in [7, 11) is -3.03. The lowest BCUT2D eigenvalue weighted by Gasteiger charge is -2.20. The third-order valence-corrected chi connectivity index (χ3v) is 12.4. The first-order valence-corrected chi connectivity index (χ1v) is 16.7. The van der Waals surface area contributed by atoms with Gasteiger partial charge in [0.05, 0.1) is 21.6 Å². The summed E-state index contributed by atoms with van der Waals surface area (Å²) in [6.45, 7) is 0. The van der Waals surface area contributed by atoms with Crippen molar-refractivity contribution in [3.05, 3.63) is 152 Å². The molecule has 3 nitrogen and oxygen atoms in total. The van der Waals surface area contributed by atoms with Gasteiger partial charge in [0.1, 0.15) is 0 Å². The Balaban J connectivity index is 1.26. The Morgan fingerprint density at radius 2 is 1.05 bits per heavy atom. The van der Waals surface area contributed by atoms with Crippen LogP contribution in [0.25, 0.3) is 53.6 Å². The molecule has 0 saturated carbocycles. The smallest absolute Gasteiger partial charge is 0.171 e. The fraction of sp³-hybridized carbons (Fsp3) is 0. The van der Waals surface area contributed by atoms with E-state index in [1.807, 2.05) is 85.1 Å². The van der Waals surface area contributed by atoms with Crippen LogP contribution in [0.15, 0.2) is 152 Å². The van der Waals surface area contributed by atoms with E-state index < -0.39 is 7.14 Å². The van der Waals surface area contributed by atoms with Crippen LogP contribution in [0.1, 0.15) is 0 Å². The van der Waals surface area contributed by atoms with E-state index in [0.29, 0.717) is 0 Å². The van der Waals surface area contributed by atoms with E-state index in [1.165, 1.54) is 15.6 Å². The molecule has 204 valence electrons.